The molecule has 0 saturated carbocycles. The summed E-state index contributed by atoms with van der Waals surface area (Å²) in [5.74, 6) is 0.954. The Hall–Kier alpha value is -2.00. The Bertz CT molecular complexity index is 753. The number of fused-ring (bicyclic) bond motifs is 1. The van der Waals surface area contributed by atoms with Crippen LogP contribution in [0.25, 0.3) is 10.9 Å². The molecule has 20 heavy (non-hydrogen) atoms. The van der Waals surface area contributed by atoms with Crippen molar-refractivity contribution in [1.29, 1.82) is 0 Å². The quantitative estimate of drug-likeness (QED) is 0.570. The molecule has 3 aromatic rings. The van der Waals surface area contributed by atoms with Crippen molar-refractivity contribution in [2.75, 3.05) is 5.73 Å². The zero-order chi connectivity index (χ0) is 13.9. The number of para-hydroxylation sites is 1. The fourth-order valence-electron chi connectivity index (χ4n) is 2.26. The minimum absolute atomic E-state index is 0.737. The highest BCUT2D eigenvalue weighted by molar-refractivity contribution is 7.98. The van der Waals surface area contributed by atoms with E-state index in [1.165, 1.54) is 16.0 Å². The predicted molar refractivity (Wildman–Crippen MR) is 86.9 cm³/mol. The van der Waals surface area contributed by atoms with Crippen molar-refractivity contribution in [3.8, 4) is 0 Å². The molecule has 0 aliphatic carbocycles. The molecule has 1 heterocycles. The third-order valence-corrected chi connectivity index (χ3v) is 4.38. The van der Waals surface area contributed by atoms with Gasteiger partial charge in [0, 0.05) is 22.2 Å². The van der Waals surface area contributed by atoms with Gasteiger partial charge in [-0.15, -0.1) is 11.8 Å². The topological polar surface area (TPSA) is 38.9 Å². The summed E-state index contributed by atoms with van der Waals surface area (Å²) in [6.45, 7) is 2.12. The van der Waals surface area contributed by atoms with Crippen LogP contribution in [0, 0.1) is 6.92 Å². The lowest BCUT2D eigenvalue weighted by Crippen LogP contribution is -1.90. The molecule has 100 valence electrons. The van der Waals surface area contributed by atoms with Crippen LogP contribution in [0.2, 0.25) is 0 Å². The SMILES string of the molecule is Cc1cccc(CSc2ccnc3c(N)cccc23)c1. The van der Waals surface area contributed by atoms with Crippen LogP contribution in [0.15, 0.2) is 59.6 Å². The largest absolute Gasteiger partial charge is 0.397 e. The fourth-order valence-corrected chi connectivity index (χ4v) is 3.24. The van der Waals surface area contributed by atoms with E-state index in [9.17, 15) is 0 Å². The van der Waals surface area contributed by atoms with E-state index in [4.69, 9.17) is 5.73 Å². The molecular formula is C17H16N2S. The Kier molecular flexibility index (Phi) is 3.61. The summed E-state index contributed by atoms with van der Waals surface area (Å²) in [7, 11) is 0. The highest BCUT2D eigenvalue weighted by Gasteiger charge is 2.05. The maximum absolute atomic E-state index is 5.98. The molecule has 0 aliphatic rings. The molecule has 0 unspecified atom stereocenters. The average Bonchev–Trinajstić information content (AvgIpc) is 2.46. The van der Waals surface area contributed by atoms with Crippen molar-refractivity contribution in [2.24, 2.45) is 0 Å². The average molecular weight is 280 g/mol. The van der Waals surface area contributed by atoms with Crippen molar-refractivity contribution in [2.45, 2.75) is 17.6 Å². The third kappa shape index (κ3) is 2.63. The second kappa shape index (κ2) is 5.55. The van der Waals surface area contributed by atoms with Gasteiger partial charge in [0.25, 0.3) is 0 Å². The Balaban J connectivity index is 1.90. The zero-order valence-electron chi connectivity index (χ0n) is 11.3. The maximum Gasteiger partial charge on any atom is 0.0942 e. The van der Waals surface area contributed by atoms with E-state index < -0.39 is 0 Å². The Morgan fingerprint density at radius 3 is 2.80 bits per heavy atom. The first-order valence-electron chi connectivity index (χ1n) is 6.55. The molecule has 2 aromatic carbocycles. The molecule has 0 bridgehead atoms. The van der Waals surface area contributed by atoms with E-state index in [2.05, 4.69) is 48.3 Å². The van der Waals surface area contributed by atoms with Crippen molar-refractivity contribution in [3.63, 3.8) is 0 Å². The van der Waals surface area contributed by atoms with Crippen LogP contribution in [0.4, 0.5) is 5.69 Å². The molecule has 0 fully saturated rings. The number of thioether (sulfide) groups is 1. The molecule has 0 spiro atoms. The first-order valence-corrected chi connectivity index (χ1v) is 7.54. The van der Waals surface area contributed by atoms with Gasteiger partial charge in [0.05, 0.1) is 11.2 Å². The first kappa shape index (κ1) is 13.0. The van der Waals surface area contributed by atoms with Crippen LogP contribution in [0.5, 0.6) is 0 Å². The minimum atomic E-state index is 0.737. The van der Waals surface area contributed by atoms with Crippen LogP contribution in [0.3, 0.4) is 0 Å². The Morgan fingerprint density at radius 1 is 1.10 bits per heavy atom. The van der Waals surface area contributed by atoms with Crippen LogP contribution in [0.1, 0.15) is 11.1 Å². The number of rotatable bonds is 3. The summed E-state index contributed by atoms with van der Waals surface area (Å²) in [6, 6.07) is 16.6. The molecule has 3 rings (SSSR count). The molecule has 0 radical (unpaired) electrons. The van der Waals surface area contributed by atoms with E-state index in [0.717, 1.165) is 22.3 Å². The number of aromatic nitrogens is 1. The van der Waals surface area contributed by atoms with E-state index >= 15 is 0 Å². The summed E-state index contributed by atoms with van der Waals surface area (Å²) in [5, 5.41) is 1.13. The standard InChI is InChI=1S/C17H16N2S/c1-12-4-2-5-13(10-12)11-20-16-8-9-19-17-14(16)6-3-7-15(17)18/h2-10H,11,18H2,1H3. The summed E-state index contributed by atoms with van der Waals surface area (Å²) in [5.41, 5.74) is 10.2. The van der Waals surface area contributed by atoms with Crippen LogP contribution in [-0.4, -0.2) is 4.98 Å². The van der Waals surface area contributed by atoms with Crippen molar-refractivity contribution in [1.82, 2.24) is 4.98 Å². The fraction of sp³-hybridized carbons (Fsp3) is 0.118. The van der Waals surface area contributed by atoms with Crippen molar-refractivity contribution < 1.29 is 0 Å². The summed E-state index contributed by atoms with van der Waals surface area (Å²) < 4.78 is 0. The molecule has 2 N–H and O–H groups in total. The van der Waals surface area contributed by atoms with Gasteiger partial charge < -0.3 is 5.73 Å². The highest BCUT2D eigenvalue weighted by Crippen LogP contribution is 2.31. The number of pyridine rings is 1. The van der Waals surface area contributed by atoms with Gasteiger partial charge in [0.15, 0.2) is 0 Å². The normalized spacial score (nSPS) is 10.8. The van der Waals surface area contributed by atoms with Crippen LogP contribution >= 0.6 is 11.8 Å². The van der Waals surface area contributed by atoms with Gasteiger partial charge >= 0.3 is 0 Å². The highest BCUT2D eigenvalue weighted by atomic mass is 32.2. The summed E-state index contributed by atoms with van der Waals surface area (Å²) in [4.78, 5) is 5.60. The number of aryl methyl sites for hydroxylation is 1. The summed E-state index contributed by atoms with van der Waals surface area (Å²) >= 11 is 1.82. The number of nitrogen functional groups attached to an aromatic ring is 1. The maximum atomic E-state index is 5.98. The molecule has 1 aromatic heterocycles. The number of benzene rings is 2. The smallest absolute Gasteiger partial charge is 0.0942 e. The van der Waals surface area contributed by atoms with Crippen LogP contribution in [-0.2, 0) is 5.75 Å². The lowest BCUT2D eigenvalue weighted by Gasteiger charge is -2.07. The van der Waals surface area contributed by atoms with Crippen LogP contribution < -0.4 is 5.73 Å². The van der Waals surface area contributed by atoms with Crippen molar-refractivity contribution >= 4 is 28.4 Å². The van der Waals surface area contributed by atoms with E-state index in [0.29, 0.717) is 0 Å². The molecular weight excluding hydrogens is 264 g/mol. The third-order valence-electron chi connectivity index (χ3n) is 3.24. The number of nitrogens with two attached hydrogens (primary N) is 1. The Labute approximate surface area is 123 Å². The van der Waals surface area contributed by atoms with Gasteiger partial charge in [-0.2, -0.15) is 0 Å². The number of nitrogens with zero attached hydrogens (tertiary/aromatic N) is 1. The Morgan fingerprint density at radius 2 is 1.95 bits per heavy atom. The van der Waals surface area contributed by atoms with Gasteiger partial charge in [-0.1, -0.05) is 42.0 Å². The van der Waals surface area contributed by atoms with Gasteiger partial charge in [-0.05, 0) is 24.6 Å². The predicted octanol–water partition coefficient (Wildman–Crippen LogP) is 4.42. The molecule has 0 amide bonds. The molecule has 0 aliphatic heterocycles. The van der Waals surface area contributed by atoms with Crippen molar-refractivity contribution in [3.05, 3.63) is 65.9 Å². The lowest BCUT2D eigenvalue weighted by atomic mass is 10.2. The van der Waals surface area contributed by atoms with Gasteiger partial charge in [-0.25, -0.2) is 0 Å². The van der Waals surface area contributed by atoms with E-state index in [-0.39, 0.29) is 0 Å². The lowest BCUT2D eigenvalue weighted by molar-refractivity contribution is 1.33. The minimum Gasteiger partial charge on any atom is -0.397 e. The monoisotopic (exact) mass is 280 g/mol. The number of anilines is 1. The van der Waals surface area contributed by atoms with E-state index in [1.807, 2.05) is 30.1 Å². The number of hydrogen-bond donors (Lipinski definition) is 1. The van der Waals surface area contributed by atoms with Gasteiger partial charge in [-0.3, -0.25) is 4.98 Å². The molecule has 0 atom stereocenters. The molecule has 3 heteroatoms. The van der Waals surface area contributed by atoms with Gasteiger partial charge in [0.1, 0.15) is 0 Å². The first-order chi connectivity index (χ1) is 9.74. The van der Waals surface area contributed by atoms with E-state index in [1.54, 1.807) is 0 Å². The molecule has 2 nitrogen and oxygen atoms in total. The van der Waals surface area contributed by atoms with Gasteiger partial charge in [0.2, 0.25) is 0 Å². The second-order valence-electron chi connectivity index (χ2n) is 4.83. The molecule has 0 saturated heterocycles. The summed E-state index contributed by atoms with van der Waals surface area (Å²) in [6.07, 6.45) is 1.83. The zero-order valence-corrected chi connectivity index (χ0v) is 12.2. The second-order valence-corrected chi connectivity index (χ2v) is 5.85. The number of hydrogen-bond acceptors (Lipinski definition) is 3.